The minimum atomic E-state index is -0.190. The van der Waals surface area contributed by atoms with E-state index in [2.05, 4.69) is 31.0 Å². The average Bonchev–Trinajstić information content (AvgIpc) is 3.24. The fourth-order valence-corrected chi connectivity index (χ4v) is 3.39. The summed E-state index contributed by atoms with van der Waals surface area (Å²) in [4.78, 5) is 16.2. The Hall–Kier alpha value is -2.92. The van der Waals surface area contributed by atoms with Gasteiger partial charge in [-0.1, -0.05) is 42.1 Å². The monoisotopic (exact) mass is 402 g/mol. The fourth-order valence-electron chi connectivity index (χ4n) is 2.03. The van der Waals surface area contributed by atoms with E-state index >= 15 is 0 Å². The largest absolute Gasteiger partial charge is 0.334 e. The predicted molar refractivity (Wildman–Crippen MR) is 109 cm³/mol. The average molecular weight is 403 g/mol. The fraction of sp³-hybridized carbons (Fsp3) is 0.188. The maximum absolute atomic E-state index is 12.0. The molecule has 0 fully saturated rings. The molecule has 3 aromatic rings. The number of hydrogen-bond acceptors (Lipinski definition) is 9. The molecule has 0 aliphatic heterocycles. The Kier molecular flexibility index (Phi) is 6.04. The number of hydrogen-bond donors (Lipinski definition) is 3. The first kappa shape index (κ1) is 18.9. The number of anilines is 2. The lowest BCUT2D eigenvalue weighted by Gasteiger charge is -2.04. The van der Waals surface area contributed by atoms with E-state index < -0.39 is 0 Å². The third kappa shape index (κ3) is 5.05. The molecule has 0 bridgehead atoms. The molecule has 0 saturated heterocycles. The van der Waals surface area contributed by atoms with Crippen LogP contribution in [0.15, 0.2) is 46.0 Å². The Morgan fingerprint density at radius 3 is 2.81 bits per heavy atom. The van der Waals surface area contributed by atoms with Crippen LogP contribution in [0.4, 0.5) is 11.1 Å². The first-order valence-electron chi connectivity index (χ1n) is 7.94. The molecule has 2 heterocycles. The summed E-state index contributed by atoms with van der Waals surface area (Å²) in [5.41, 5.74) is 5.43. The van der Waals surface area contributed by atoms with Crippen molar-refractivity contribution >= 4 is 45.8 Å². The van der Waals surface area contributed by atoms with E-state index in [9.17, 15) is 4.79 Å². The number of thioether (sulfide) groups is 1. The molecule has 140 valence electrons. The smallest absolute Gasteiger partial charge is 0.264 e. The second kappa shape index (κ2) is 8.64. The standard InChI is InChI=1S/C16H18N8OS2/c1-10-8-26-15(18-10)19-13(25)9-27-16-23-22-14(24(16)17)21-20-11(2)12-6-4-3-5-7-12/h3-8H,9,17H2,1-2H3,(H,21,22)(H,18,19,25)/b20-11+. The molecular formula is C16H18N8OS2. The van der Waals surface area contributed by atoms with Crippen molar-refractivity contribution in [1.29, 1.82) is 0 Å². The third-order valence-corrected chi connectivity index (χ3v) is 5.20. The number of nitrogens with two attached hydrogens (primary N) is 1. The van der Waals surface area contributed by atoms with Crippen molar-refractivity contribution in [2.75, 3.05) is 22.3 Å². The summed E-state index contributed by atoms with van der Waals surface area (Å²) in [5.74, 6) is 6.20. The molecule has 27 heavy (non-hydrogen) atoms. The van der Waals surface area contributed by atoms with Crippen LogP contribution >= 0.6 is 23.1 Å². The number of aromatic nitrogens is 4. The molecule has 4 N–H and O–H groups in total. The third-order valence-electron chi connectivity index (χ3n) is 3.38. The number of rotatable bonds is 7. The molecule has 9 nitrogen and oxygen atoms in total. The van der Waals surface area contributed by atoms with E-state index in [1.165, 1.54) is 27.8 Å². The lowest BCUT2D eigenvalue weighted by molar-refractivity contribution is -0.113. The summed E-state index contributed by atoms with van der Waals surface area (Å²) in [7, 11) is 0. The van der Waals surface area contributed by atoms with E-state index in [0.29, 0.717) is 10.3 Å². The Labute approximate surface area is 164 Å². The number of thiazole rings is 1. The minimum absolute atomic E-state index is 0.139. The number of carbonyl (C=O) groups is 1. The quantitative estimate of drug-likeness (QED) is 0.240. The number of hydrazone groups is 1. The van der Waals surface area contributed by atoms with Crippen molar-refractivity contribution in [2.24, 2.45) is 5.10 Å². The summed E-state index contributed by atoms with van der Waals surface area (Å²) >= 11 is 2.55. The van der Waals surface area contributed by atoms with Crippen molar-refractivity contribution < 1.29 is 4.79 Å². The Morgan fingerprint density at radius 1 is 1.33 bits per heavy atom. The highest BCUT2D eigenvalue weighted by atomic mass is 32.2. The lowest BCUT2D eigenvalue weighted by atomic mass is 10.1. The SMILES string of the molecule is C/C(=N\Nc1nnc(SCC(=O)Nc2nc(C)cs2)n1N)c1ccccc1. The summed E-state index contributed by atoms with van der Waals surface area (Å²) in [6.45, 7) is 3.74. The molecule has 3 rings (SSSR count). The van der Waals surface area contributed by atoms with Gasteiger partial charge in [-0.3, -0.25) is 4.79 Å². The Balaban J connectivity index is 1.56. The maximum atomic E-state index is 12.0. The van der Waals surface area contributed by atoms with E-state index in [4.69, 9.17) is 5.84 Å². The number of nitrogens with one attached hydrogen (secondary N) is 2. The van der Waals surface area contributed by atoms with Crippen molar-refractivity contribution in [3.8, 4) is 0 Å². The molecular weight excluding hydrogens is 384 g/mol. The molecule has 0 aliphatic rings. The van der Waals surface area contributed by atoms with Crippen LogP contribution < -0.4 is 16.6 Å². The molecule has 0 unspecified atom stereocenters. The van der Waals surface area contributed by atoms with Crippen molar-refractivity contribution in [3.05, 3.63) is 47.0 Å². The lowest BCUT2D eigenvalue weighted by Crippen LogP contribution is -2.17. The number of nitrogens with zero attached hydrogens (tertiary/aromatic N) is 5. The molecule has 0 aliphatic carbocycles. The normalized spacial score (nSPS) is 11.4. The first-order chi connectivity index (χ1) is 13.0. The topological polar surface area (TPSA) is 123 Å². The summed E-state index contributed by atoms with van der Waals surface area (Å²) in [5, 5.41) is 17.8. The van der Waals surface area contributed by atoms with Crippen LogP contribution in [0.2, 0.25) is 0 Å². The highest BCUT2D eigenvalue weighted by Crippen LogP contribution is 2.19. The van der Waals surface area contributed by atoms with Crippen molar-refractivity contribution in [2.45, 2.75) is 19.0 Å². The zero-order valence-corrected chi connectivity index (χ0v) is 16.3. The summed E-state index contributed by atoms with van der Waals surface area (Å²) < 4.78 is 1.26. The molecule has 0 atom stereocenters. The highest BCUT2D eigenvalue weighted by molar-refractivity contribution is 7.99. The molecule has 1 amide bonds. The van der Waals surface area contributed by atoms with Crippen molar-refractivity contribution in [1.82, 2.24) is 19.9 Å². The Bertz CT molecular complexity index is 950. The number of carbonyl (C=O) groups excluding carboxylic acids is 1. The number of aryl methyl sites for hydroxylation is 1. The number of nitrogen functional groups attached to an aromatic ring is 1. The molecule has 2 aromatic heterocycles. The summed E-state index contributed by atoms with van der Waals surface area (Å²) in [6.07, 6.45) is 0. The van der Waals surface area contributed by atoms with Gasteiger partial charge in [0.15, 0.2) is 5.13 Å². The van der Waals surface area contributed by atoms with Crippen LogP contribution in [-0.2, 0) is 4.79 Å². The van der Waals surface area contributed by atoms with Crippen LogP contribution in [0.5, 0.6) is 0 Å². The molecule has 11 heteroatoms. The maximum Gasteiger partial charge on any atom is 0.264 e. The van der Waals surface area contributed by atoms with Crippen LogP contribution in [0.1, 0.15) is 18.2 Å². The van der Waals surface area contributed by atoms with Gasteiger partial charge < -0.3 is 11.2 Å². The molecule has 1 aromatic carbocycles. The highest BCUT2D eigenvalue weighted by Gasteiger charge is 2.13. The van der Waals surface area contributed by atoms with Crippen LogP contribution in [0.25, 0.3) is 0 Å². The van der Waals surface area contributed by atoms with Gasteiger partial charge in [0.1, 0.15) is 0 Å². The van der Waals surface area contributed by atoms with E-state index in [-0.39, 0.29) is 17.6 Å². The van der Waals surface area contributed by atoms with Gasteiger partial charge in [-0.25, -0.2) is 15.1 Å². The van der Waals surface area contributed by atoms with Gasteiger partial charge >= 0.3 is 0 Å². The van der Waals surface area contributed by atoms with Gasteiger partial charge in [0.25, 0.3) is 5.95 Å². The zero-order chi connectivity index (χ0) is 19.2. The van der Waals surface area contributed by atoms with Gasteiger partial charge in [0, 0.05) is 5.38 Å². The van der Waals surface area contributed by atoms with Gasteiger partial charge in [-0.2, -0.15) is 5.10 Å². The first-order valence-corrected chi connectivity index (χ1v) is 9.80. The minimum Gasteiger partial charge on any atom is -0.334 e. The second-order valence-electron chi connectivity index (χ2n) is 5.48. The number of amides is 1. The van der Waals surface area contributed by atoms with E-state index in [0.717, 1.165) is 17.0 Å². The van der Waals surface area contributed by atoms with Crippen molar-refractivity contribution in [3.63, 3.8) is 0 Å². The predicted octanol–water partition coefficient (Wildman–Crippen LogP) is 2.32. The van der Waals surface area contributed by atoms with Gasteiger partial charge in [0.05, 0.1) is 17.2 Å². The van der Waals surface area contributed by atoms with E-state index in [1.807, 2.05) is 49.6 Å². The molecule has 0 spiro atoms. The van der Waals surface area contributed by atoms with Crippen LogP contribution in [0.3, 0.4) is 0 Å². The van der Waals surface area contributed by atoms with Gasteiger partial charge in [-0.05, 0) is 19.4 Å². The van der Waals surface area contributed by atoms with Crippen LogP contribution in [-0.4, -0.2) is 37.2 Å². The van der Waals surface area contributed by atoms with Crippen LogP contribution in [0, 0.1) is 6.92 Å². The van der Waals surface area contributed by atoms with E-state index in [1.54, 1.807) is 0 Å². The molecule has 0 saturated carbocycles. The molecule has 0 radical (unpaired) electrons. The zero-order valence-electron chi connectivity index (χ0n) is 14.7. The van der Waals surface area contributed by atoms with Gasteiger partial charge in [0.2, 0.25) is 11.1 Å². The second-order valence-corrected chi connectivity index (χ2v) is 7.28. The Morgan fingerprint density at radius 2 is 2.11 bits per heavy atom. The van der Waals surface area contributed by atoms with Gasteiger partial charge in [-0.15, -0.1) is 21.5 Å². The number of benzene rings is 1. The summed E-state index contributed by atoms with van der Waals surface area (Å²) in [6, 6.07) is 9.73.